The molecule has 0 amide bonds. The van der Waals surface area contributed by atoms with E-state index < -0.39 is 11.9 Å². The van der Waals surface area contributed by atoms with E-state index in [9.17, 15) is 9.59 Å². The molecule has 0 saturated carbocycles. The fourth-order valence-electron chi connectivity index (χ4n) is 0.584. The largest absolute Gasteiger partial charge is 0.369 e. The van der Waals surface area contributed by atoms with Gasteiger partial charge in [0.1, 0.15) is 0 Å². The van der Waals surface area contributed by atoms with Crippen LogP contribution in [0.3, 0.4) is 0 Å². The highest BCUT2D eigenvalue weighted by atomic mass is 17.1. The van der Waals surface area contributed by atoms with Crippen molar-refractivity contribution in [3.63, 3.8) is 0 Å². The Morgan fingerprint density at radius 3 is 2.31 bits per heavy atom. The Bertz CT molecular complexity index is 241. The van der Waals surface area contributed by atoms with Gasteiger partial charge in [-0.1, -0.05) is 6.08 Å². The molecule has 0 rings (SSSR count). The van der Waals surface area contributed by atoms with Crippen LogP contribution in [0.25, 0.3) is 0 Å². The standard InChI is InChI=1S/C7H8O6/c1-2-3-5(7(9)13-11)4-6(8)12-10/h2,4,10-11H,1,3H2/b5-4-. The molecule has 0 radical (unpaired) electrons. The maximum Gasteiger partial charge on any atom is 0.369 e. The summed E-state index contributed by atoms with van der Waals surface area (Å²) < 4.78 is 0. The van der Waals surface area contributed by atoms with Gasteiger partial charge in [0.05, 0.1) is 5.57 Å². The van der Waals surface area contributed by atoms with Crippen LogP contribution in [0.2, 0.25) is 0 Å². The molecule has 0 aromatic rings. The minimum atomic E-state index is -1.14. The van der Waals surface area contributed by atoms with E-state index in [-0.39, 0.29) is 12.0 Å². The first-order valence-electron chi connectivity index (χ1n) is 3.18. The molecule has 0 bridgehead atoms. The van der Waals surface area contributed by atoms with E-state index in [4.69, 9.17) is 10.5 Å². The zero-order valence-electron chi connectivity index (χ0n) is 6.60. The predicted molar refractivity (Wildman–Crippen MR) is 40.3 cm³/mol. The highest BCUT2D eigenvalue weighted by Crippen LogP contribution is 2.04. The minimum absolute atomic E-state index is 0.00843. The van der Waals surface area contributed by atoms with Crippen LogP contribution in [-0.4, -0.2) is 22.5 Å². The Morgan fingerprint density at radius 1 is 1.31 bits per heavy atom. The van der Waals surface area contributed by atoms with Crippen molar-refractivity contribution in [2.75, 3.05) is 0 Å². The van der Waals surface area contributed by atoms with Crippen molar-refractivity contribution < 1.29 is 29.9 Å². The fraction of sp³-hybridized carbons (Fsp3) is 0.143. The van der Waals surface area contributed by atoms with Gasteiger partial charge in [-0.05, 0) is 6.42 Å². The van der Waals surface area contributed by atoms with Gasteiger partial charge in [0.25, 0.3) is 0 Å². The Kier molecular flexibility index (Phi) is 5.17. The van der Waals surface area contributed by atoms with Gasteiger partial charge in [0.15, 0.2) is 0 Å². The summed E-state index contributed by atoms with van der Waals surface area (Å²) in [6.07, 6.45) is 2.00. The number of carbonyl (C=O) groups is 2. The second kappa shape index (κ2) is 5.92. The molecule has 0 atom stereocenters. The van der Waals surface area contributed by atoms with E-state index in [1.165, 1.54) is 6.08 Å². The quantitative estimate of drug-likeness (QED) is 0.289. The topological polar surface area (TPSA) is 93.1 Å². The first-order chi connectivity index (χ1) is 6.15. The van der Waals surface area contributed by atoms with E-state index in [0.29, 0.717) is 6.08 Å². The monoisotopic (exact) mass is 188 g/mol. The summed E-state index contributed by atoms with van der Waals surface area (Å²) in [5.74, 6) is -2.24. The summed E-state index contributed by atoms with van der Waals surface area (Å²) in [4.78, 5) is 27.8. The Balaban J connectivity index is 4.57. The molecule has 0 unspecified atom stereocenters. The van der Waals surface area contributed by atoms with E-state index in [0.717, 1.165) is 0 Å². The van der Waals surface area contributed by atoms with Crippen molar-refractivity contribution in [2.45, 2.75) is 6.42 Å². The molecule has 0 heterocycles. The Hall–Kier alpha value is -1.66. The smallest absolute Gasteiger partial charge is 0.296 e. The molecule has 0 aromatic carbocycles. The van der Waals surface area contributed by atoms with Crippen LogP contribution in [0.4, 0.5) is 0 Å². The average molecular weight is 188 g/mol. The van der Waals surface area contributed by atoms with Gasteiger partial charge in [-0.3, -0.25) is 9.78 Å². The van der Waals surface area contributed by atoms with Crippen molar-refractivity contribution in [1.82, 2.24) is 0 Å². The third kappa shape index (κ3) is 4.04. The second-order valence-electron chi connectivity index (χ2n) is 1.95. The van der Waals surface area contributed by atoms with Gasteiger partial charge >= 0.3 is 11.9 Å². The van der Waals surface area contributed by atoms with Gasteiger partial charge in [0, 0.05) is 6.08 Å². The summed E-state index contributed by atoms with van der Waals surface area (Å²) in [5.41, 5.74) is -0.184. The van der Waals surface area contributed by atoms with Crippen molar-refractivity contribution in [3.05, 3.63) is 24.3 Å². The summed E-state index contributed by atoms with van der Waals surface area (Å²) >= 11 is 0. The van der Waals surface area contributed by atoms with Gasteiger partial charge < -0.3 is 0 Å². The van der Waals surface area contributed by atoms with Crippen LogP contribution < -0.4 is 0 Å². The zero-order valence-corrected chi connectivity index (χ0v) is 6.60. The second-order valence-corrected chi connectivity index (χ2v) is 1.95. The molecule has 72 valence electrons. The lowest BCUT2D eigenvalue weighted by molar-refractivity contribution is -0.231. The third-order valence-corrected chi connectivity index (χ3v) is 1.09. The third-order valence-electron chi connectivity index (χ3n) is 1.09. The fourth-order valence-corrected chi connectivity index (χ4v) is 0.584. The first kappa shape index (κ1) is 11.3. The number of hydrogen-bond donors (Lipinski definition) is 2. The summed E-state index contributed by atoms with van der Waals surface area (Å²) in [7, 11) is 0. The molecular formula is C7H8O6. The van der Waals surface area contributed by atoms with Crippen molar-refractivity contribution >= 4 is 11.9 Å². The molecule has 0 aliphatic heterocycles. The molecule has 6 heteroatoms. The highest BCUT2D eigenvalue weighted by Gasteiger charge is 2.12. The SMILES string of the molecule is C=CC/C(=C/C(=O)OO)C(=O)OO. The van der Waals surface area contributed by atoms with E-state index in [1.807, 2.05) is 0 Å². The van der Waals surface area contributed by atoms with Gasteiger partial charge in [-0.15, -0.1) is 6.58 Å². The normalized spacial score (nSPS) is 10.5. The zero-order chi connectivity index (χ0) is 10.3. The number of rotatable bonds is 4. The summed E-state index contributed by atoms with van der Waals surface area (Å²) in [6.45, 7) is 3.31. The van der Waals surface area contributed by atoms with Crippen LogP contribution in [-0.2, 0) is 19.4 Å². The number of hydrogen-bond acceptors (Lipinski definition) is 6. The van der Waals surface area contributed by atoms with Gasteiger partial charge in [-0.2, -0.15) is 10.5 Å². The maximum absolute atomic E-state index is 10.7. The average Bonchev–Trinajstić information content (AvgIpc) is 2.15. The minimum Gasteiger partial charge on any atom is -0.296 e. The predicted octanol–water partition coefficient (Wildman–Crippen LogP) is 0.521. The molecule has 0 spiro atoms. The lowest BCUT2D eigenvalue weighted by atomic mass is 10.2. The van der Waals surface area contributed by atoms with Crippen LogP contribution in [0.5, 0.6) is 0 Å². The number of allylic oxidation sites excluding steroid dienone is 1. The molecule has 6 nitrogen and oxygen atoms in total. The van der Waals surface area contributed by atoms with Crippen LogP contribution in [0, 0.1) is 0 Å². The molecule has 2 N–H and O–H groups in total. The molecule has 13 heavy (non-hydrogen) atoms. The Labute approximate surface area is 73.5 Å². The summed E-state index contributed by atoms with van der Waals surface area (Å²) in [6, 6.07) is 0. The lowest BCUT2D eigenvalue weighted by Gasteiger charge is -1.98. The van der Waals surface area contributed by atoms with Gasteiger partial charge in [-0.25, -0.2) is 9.59 Å². The lowest BCUT2D eigenvalue weighted by Crippen LogP contribution is -2.08. The van der Waals surface area contributed by atoms with Gasteiger partial charge in [0.2, 0.25) is 0 Å². The first-order valence-corrected chi connectivity index (χ1v) is 3.18. The Morgan fingerprint density at radius 2 is 1.92 bits per heavy atom. The molecule has 0 aliphatic carbocycles. The van der Waals surface area contributed by atoms with Crippen LogP contribution in [0.15, 0.2) is 24.3 Å². The summed E-state index contributed by atoms with van der Waals surface area (Å²) in [5, 5.41) is 15.8. The van der Waals surface area contributed by atoms with Crippen molar-refractivity contribution in [3.8, 4) is 0 Å². The molecule has 0 saturated heterocycles. The number of carbonyl (C=O) groups excluding carboxylic acids is 2. The molecule has 0 fully saturated rings. The highest BCUT2D eigenvalue weighted by molar-refractivity contribution is 5.96. The van der Waals surface area contributed by atoms with E-state index >= 15 is 0 Å². The van der Waals surface area contributed by atoms with Crippen molar-refractivity contribution in [2.24, 2.45) is 0 Å². The molecule has 0 aromatic heterocycles. The molecule has 0 aliphatic rings. The maximum atomic E-state index is 10.7. The van der Waals surface area contributed by atoms with Crippen LogP contribution in [0.1, 0.15) is 6.42 Å². The molecular weight excluding hydrogens is 180 g/mol. The van der Waals surface area contributed by atoms with Crippen molar-refractivity contribution in [1.29, 1.82) is 0 Å². The van der Waals surface area contributed by atoms with Crippen LogP contribution >= 0.6 is 0 Å². The van der Waals surface area contributed by atoms with E-state index in [1.54, 1.807) is 0 Å². The van der Waals surface area contributed by atoms with E-state index in [2.05, 4.69) is 16.4 Å².